The third-order valence-electron chi connectivity index (χ3n) is 6.17. The number of nitrogens with one attached hydrogen (secondary N) is 1. The van der Waals surface area contributed by atoms with Crippen LogP contribution in [-0.4, -0.2) is 39.9 Å². The molecule has 0 saturated heterocycles. The van der Waals surface area contributed by atoms with E-state index in [9.17, 15) is 9.59 Å². The summed E-state index contributed by atoms with van der Waals surface area (Å²) >= 11 is 3.28. The van der Waals surface area contributed by atoms with Gasteiger partial charge in [0.15, 0.2) is 0 Å². The molecule has 3 heterocycles. The van der Waals surface area contributed by atoms with Crippen molar-refractivity contribution in [2.75, 3.05) is 17.2 Å². The van der Waals surface area contributed by atoms with Gasteiger partial charge in [-0.2, -0.15) is 16.4 Å². The first-order valence-electron chi connectivity index (χ1n) is 11.7. The summed E-state index contributed by atoms with van der Waals surface area (Å²) in [6, 6.07) is 10.5. The lowest BCUT2D eigenvalue weighted by atomic mass is 9.87. The summed E-state index contributed by atoms with van der Waals surface area (Å²) in [5.41, 5.74) is 4.94. The second-order valence-corrected chi connectivity index (χ2v) is 12.0. The van der Waals surface area contributed by atoms with Crippen LogP contribution in [-0.2, 0) is 15.0 Å². The maximum Gasteiger partial charge on any atom is 0.240 e. The highest BCUT2D eigenvalue weighted by Crippen LogP contribution is 2.48. The van der Waals surface area contributed by atoms with Gasteiger partial charge in [-0.15, -0.1) is 11.8 Å². The zero-order valence-electron chi connectivity index (χ0n) is 20.0. The Morgan fingerprint density at radius 3 is 2.53 bits per heavy atom. The predicted octanol–water partition coefficient (Wildman–Crippen LogP) is 4.99. The van der Waals surface area contributed by atoms with Gasteiger partial charge in [-0.05, 0) is 54.3 Å². The van der Waals surface area contributed by atoms with Crippen LogP contribution in [0.1, 0.15) is 61.2 Å². The Bertz CT molecular complexity index is 1200. The lowest BCUT2D eigenvalue weighted by Crippen LogP contribution is -2.43. The predicted molar refractivity (Wildman–Crippen MR) is 139 cm³/mol. The van der Waals surface area contributed by atoms with E-state index < -0.39 is 0 Å². The number of aryl methyl sites for hydroxylation is 1. The molecule has 2 aliphatic rings. The van der Waals surface area contributed by atoms with Crippen molar-refractivity contribution in [3.8, 4) is 5.69 Å². The maximum absolute atomic E-state index is 13.5. The molecule has 0 spiro atoms. The summed E-state index contributed by atoms with van der Waals surface area (Å²) < 4.78 is 1.88. The monoisotopic (exact) mass is 494 g/mol. The van der Waals surface area contributed by atoms with Crippen molar-refractivity contribution in [3.63, 3.8) is 0 Å². The quantitative estimate of drug-likeness (QED) is 0.543. The first-order chi connectivity index (χ1) is 16.2. The Kier molecular flexibility index (Phi) is 6.06. The van der Waals surface area contributed by atoms with Crippen molar-refractivity contribution in [3.05, 3.63) is 63.5 Å². The number of nitrogens with zero attached hydrogens (tertiary/aromatic N) is 3. The molecule has 2 amide bonds. The van der Waals surface area contributed by atoms with Gasteiger partial charge in [-0.3, -0.25) is 14.5 Å². The van der Waals surface area contributed by atoms with Crippen LogP contribution in [0.25, 0.3) is 5.69 Å². The van der Waals surface area contributed by atoms with Crippen LogP contribution < -0.4 is 10.2 Å². The molecule has 2 aromatic heterocycles. The van der Waals surface area contributed by atoms with Crippen LogP contribution >= 0.6 is 23.1 Å². The Balaban J connectivity index is 1.73. The first-order valence-corrected chi connectivity index (χ1v) is 13.7. The minimum atomic E-state index is -0.246. The van der Waals surface area contributed by atoms with Crippen molar-refractivity contribution in [2.24, 2.45) is 0 Å². The Hall–Kier alpha value is -2.58. The van der Waals surface area contributed by atoms with E-state index in [4.69, 9.17) is 5.10 Å². The van der Waals surface area contributed by atoms with Crippen LogP contribution in [0, 0.1) is 6.92 Å². The van der Waals surface area contributed by atoms with E-state index in [0.717, 1.165) is 35.3 Å². The van der Waals surface area contributed by atoms with Gasteiger partial charge in [-0.1, -0.05) is 38.5 Å². The van der Waals surface area contributed by atoms with Gasteiger partial charge in [0.1, 0.15) is 12.4 Å². The van der Waals surface area contributed by atoms with Crippen molar-refractivity contribution in [1.29, 1.82) is 0 Å². The lowest BCUT2D eigenvalue weighted by Gasteiger charge is -2.24. The SMILES string of the molecule is Cc1ccc(-n2nc(C(C)(C)C)c3c2N(CC(=O)NC2CC2)C(=O)CSC3c2ccsc2)cc1. The lowest BCUT2D eigenvalue weighted by molar-refractivity contribution is -0.123. The van der Waals surface area contributed by atoms with Crippen LogP contribution in [0.4, 0.5) is 5.82 Å². The summed E-state index contributed by atoms with van der Waals surface area (Å²) in [6.07, 6.45) is 2.02. The van der Waals surface area contributed by atoms with Crippen LogP contribution in [0.5, 0.6) is 0 Å². The number of hydrogen-bond donors (Lipinski definition) is 1. The molecule has 0 bridgehead atoms. The largest absolute Gasteiger partial charge is 0.352 e. The fourth-order valence-electron chi connectivity index (χ4n) is 4.27. The molecule has 1 aliphatic heterocycles. The topological polar surface area (TPSA) is 67.2 Å². The number of carbonyl (C=O) groups is 2. The Morgan fingerprint density at radius 2 is 1.91 bits per heavy atom. The summed E-state index contributed by atoms with van der Waals surface area (Å²) in [5.74, 6) is 0.841. The summed E-state index contributed by atoms with van der Waals surface area (Å²) in [4.78, 5) is 28.1. The second-order valence-electron chi connectivity index (χ2n) is 10.2. The number of anilines is 1. The van der Waals surface area contributed by atoms with Gasteiger partial charge in [0.05, 0.1) is 22.4 Å². The average Bonchev–Trinajstić information content (AvgIpc) is 3.30. The van der Waals surface area contributed by atoms with Crippen LogP contribution in [0.3, 0.4) is 0 Å². The molecule has 1 atom stereocenters. The van der Waals surface area contributed by atoms with E-state index in [-0.39, 0.29) is 35.1 Å². The van der Waals surface area contributed by atoms with Crippen molar-refractivity contribution in [2.45, 2.75) is 57.2 Å². The van der Waals surface area contributed by atoms with Gasteiger partial charge >= 0.3 is 0 Å². The normalized spacial score (nSPS) is 18.5. The molecule has 6 nitrogen and oxygen atoms in total. The first kappa shape index (κ1) is 23.2. The molecule has 1 N–H and O–H groups in total. The molecular formula is C26H30N4O2S2. The van der Waals surface area contributed by atoms with E-state index in [2.05, 4.69) is 49.8 Å². The van der Waals surface area contributed by atoms with Gasteiger partial charge in [0.2, 0.25) is 11.8 Å². The molecule has 34 heavy (non-hydrogen) atoms. The molecule has 1 aliphatic carbocycles. The fraction of sp³-hybridized carbons (Fsp3) is 0.423. The summed E-state index contributed by atoms with van der Waals surface area (Å²) in [6.45, 7) is 8.51. The Labute approximate surface area is 208 Å². The molecule has 178 valence electrons. The molecule has 8 heteroatoms. The van der Waals surface area contributed by atoms with Gasteiger partial charge < -0.3 is 5.32 Å². The number of fused-ring (bicyclic) bond motifs is 1. The smallest absolute Gasteiger partial charge is 0.240 e. The second kappa shape index (κ2) is 8.89. The molecule has 1 aromatic carbocycles. The summed E-state index contributed by atoms with van der Waals surface area (Å²) in [5, 5.41) is 12.4. The Morgan fingerprint density at radius 1 is 1.18 bits per heavy atom. The number of carbonyl (C=O) groups excluding carboxylic acids is 2. The van der Waals surface area contributed by atoms with E-state index in [0.29, 0.717) is 11.6 Å². The van der Waals surface area contributed by atoms with E-state index in [1.807, 2.05) is 28.9 Å². The molecule has 0 radical (unpaired) electrons. The number of amides is 2. The minimum absolute atomic E-state index is 0.000385. The number of rotatable bonds is 5. The fourth-order valence-corrected chi connectivity index (χ4v) is 6.23. The molecule has 1 fully saturated rings. The number of hydrogen-bond acceptors (Lipinski definition) is 5. The van der Waals surface area contributed by atoms with Crippen molar-refractivity contribution < 1.29 is 9.59 Å². The molecule has 5 rings (SSSR count). The molecule has 1 unspecified atom stereocenters. The van der Waals surface area contributed by atoms with E-state index in [1.165, 1.54) is 5.56 Å². The molecule has 3 aromatic rings. The zero-order valence-corrected chi connectivity index (χ0v) is 21.6. The number of thiophene rings is 1. The highest BCUT2D eigenvalue weighted by Gasteiger charge is 2.40. The summed E-state index contributed by atoms with van der Waals surface area (Å²) in [7, 11) is 0. The third-order valence-corrected chi connectivity index (χ3v) is 8.12. The standard InChI is InChI=1S/C26H30N4O2S2/c1-16-5-9-19(10-6-16)30-25-22(24(28-30)26(2,3)4)23(17-11-12-33-14-17)34-15-21(32)29(25)13-20(31)27-18-7-8-18/h5-6,9-12,14,18,23H,7-8,13,15H2,1-4H3,(H,27,31). The third kappa shape index (κ3) is 4.53. The van der Waals surface area contributed by atoms with Gasteiger partial charge in [0.25, 0.3) is 0 Å². The van der Waals surface area contributed by atoms with Crippen LogP contribution in [0.15, 0.2) is 41.1 Å². The van der Waals surface area contributed by atoms with Gasteiger partial charge in [-0.25, -0.2) is 4.68 Å². The van der Waals surface area contributed by atoms with Crippen molar-refractivity contribution >= 4 is 40.7 Å². The molecule has 1 saturated carbocycles. The number of benzene rings is 1. The van der Waals surface area contributed by atoms with Crippen LogP contribution in [0.2, 0.25) is 0 Å². The van der Waals surface area contributed by atoms with Gasteiger partial charge in [0, 0.05) is 17.0 Å². The highest BCUT2D eigenvalue weighted by molar-refractivity contribution is 8.00. The van der Waals surface area contributed by atoms with E-state index >= 15 is 0 Å². The van der Waals surface area contributed by atoms with Crippen molar-refractivity contribution in [1.82, 2.24) is 15.1 Å². The number of thioether (sulfide) groups is 1. The molecular weight excluding hydrogens is 464 g/mol. The highest BCUT2D eigenvalue weighted by atomic mass is 32.2. The average molecular weight is 495 g/mol. The maximum atomic E-state index is 13.5. The number of aromatic nitrogens is 2. The zero-order chi connectivity index (χ0) is 24.0. The minimum Gasteiger partial charge on any atom is -0.352 e. The van der Waals surface area contributed by atoms with E-state index in [1.54, 1.807) is 28.0 Å².